The monoisotopic (exact) mass is 287 g/mol. The summed E-state index contributed by atoms with van der Waals surface area (Å²) in [5, 5.41) is 0.687. The van der Waals surface area contributed by atoms with Gasteiger partial charge in [0.05, 0.1) is 22.9 Å². The van der Waals surface area contributed by atoms with Crippen LogP contribution < -0.4 is 0 Å². The first kappa shape index (κ1) is 13.0. The highest BCUT2D eigenvalue weighted by atomic mass is 32.2. The van der Waals surface area contributed by atoms with Crippen molar-refractivity contribution < 1.29 is 14.3 Å². The Kier molecular flexibility index (Phi) is 3.36. The second-order valence-electron chi connectivity index (χ2n) is 4.36. The quantitative estimate of drug-likeness (QED) is 0.814. The van der Waals surface area contributed by atoms with E-state index in [0.29, 0.717) is 22.9 Å². The molecule has 0 atom stereocenters. The minimum absolute atomic E-state index is 0.00210. The van der Waals surface area contributed by atoms with Gasteiger partial charge in [-0.2, -0.15) is 0 Å². The number of rotatable bonds is 3. The van der Waals surface area contributed by atoms with Crippen molar-refractivity contribution in [1.82, 2.24) is 4.57 Å². The molecule has 0 N–H and O–H groups in total. The van der Waals surface area contributed by atoms with Crippen molar-refractivity contribution in [3.05, 3.63) is 42.1 Å². The van der Waals surface area contributed by atoms with Gasteiger partial charge >= 0.3 is 5.97 Å². The zero-order valence-corrected chi connectivity index (χ0v) is 11.8. The standard InChI is InChI=1S/C15H13NO3S/c1-2-19-15(18)13-11(10-6-4-3-5-7-10)8-16-12(17)9-20-14(13)16/h3-8H,2,9H2,1H3. The number of benzene rings is 1. The third-order valence-electron chi connectivity index (χ3n) is 3.13. The molecule has 20 heavy (non-hydrogen) atoms. The summed E-state index contributed by atoms with van der Waals surface area (Å²) in [6.45, 7) is 2.09. The van der Waals surface area contributed by atoms with Crippen LogP contribution in [0.4, 0.5) is 0 Å². The van der Waals surface area contributed by atoms with Crippen molar-refractivity contribution in [2.24, 2.45) is 0 Å². The summed E-state index contributed by atoms with van der Waals surface area (Å²) in [5.74, 6) is -0.00314. The summed E-state index contributed by atoms with van der Waals surface area (Å²) in [7, 11) is 0. The van der Waals surface area contributed by atoms with E-state index in [0.717, 1.165) is 11.1 Å². The van der Waals surface area contributed by atoms with Crippen LogP contribution in [0.2, 0.25) is 0 Å². The largest absolute Gasteiger partial charge is 0.462 e. The molecular weight excluding hydrogens is 274 g/mol. The highest BCUT2D eigenvalue weighted by Gasteiger charge is 2.30. The molecule has 1 aliphatic heterocycles. The zero-order valence-electron chi connectivity index (χ0n) is 11.0. The van der Waals surface area contributed by atoms with E-state index in [4.69, 9.17) is 4.74 Å². The molecule has 3 rings (SSSR count). The molecule has 4 nitrogen and oxygen atoms in total. The fourth-order valence-corrected chi connectivity index (χ4v) is 3.28. The highest BCUT2D eigenvalue weighted by molar-refractivity contribution is 8.00. The van der Waals surface area contributed by atoms with Crippen molar-refractivity contribution in [3.63, 3.8) is 0 Å². The number of ether oxygens (including phenoxy) is 1. The maximum Gasteiger partial charge on any atom is 0.341 e. The Morgan fingerprint density at radius 1 is 1.35 bits per heavy atom. The van der Waals surface area contributed by atoms with Gasteiger partial charge in [0.2, 0.25) is 5.91 Å². The summed E-state index contributed by atoms with van der Waals surface area (Å²) in [6.07, 6.45) is 1.74. The van der Waals surface area contributed by atoms with Gasteiger partial charge in [-0.3, -0.25) is 9.36 Å². The van der Waals surface area contributed by atoms with Gasteiger partial charge in [-0.05, 0) is 12.5 Å². The molecule has 0 spiro atoms. The van der Waals surface area contributed by atoms with Crippen molar-refractivity contribution in [2.75, 3.05) is 12.4 Å². The molecule has 0 aliphatic carbocycles. The van der Waals surface area contributed by atoms with Gasteiger partial charge in [0.25, 0.3) is 0 Å². The Bertz CT molecular complexity index is 676. The number of carbonyl (C=O) groups is 2. The number of fused-ring (bicyclic) bond motifs is 1. The lowest BCUT2D eigenvalue weighted by Crippen LogP contribution is -2.07. The molecule has 0 bridgehead atoms. The minimum Gasteiger partial charge on any atom is -0.462 e. The highest BCUT2D eigenvalue weighted by Crippen LogP contribution is 2.38. The van der Waals surface area contributed by atoms with Crippen LogP contribution in [0.25, 0.3) is 11.1 Å². The van der Waals surface area contributed by atoms with Crippen LogP contribution in [0.5, 0.6) is 0 Å². The van der Waals surface area contributed by atoms with Crippen molar-refractivity contribution in [3.8, 4) is 11.1 Å². The van der Waals surface area contributed by atoms with Crippen LogP contribution in [0.15, 0.2) is 41.6 Å². The number of thioether (sulfide) groups is 1. The number of nitrogens with zero attached hydrogens (tertiary/aromatic N) is 1. The van der Waals surface area contributed by atoms with E-state index in [9.17, 15) is 9.59 Å². The van der Waals surface area contributed by atoms with Gasteiger partial charge in [0.1, 0.15) is 0 Å². The van der Waals surface area contributed by atoms with E-state index in [1.165, 1.54) is 11.8 Å². The molecular formula is C15H13NO3S. The summed E-state index contributed by atoms with van der Waals surface area (Å²) in [4.78, 5) is 24.0. The predicted molar refractivity (Wildman–Crippen MR) is 77.2 cm³/mol. The molecule has 0 amide bonds. The second kappa shape index (κ2) is 5.17. The molecule has 1 aromatic heterocycles. The summed E-state index contributed by atoms with van der Waals surface area (Å²) < 4.78 is 6.69. The SMILES string of the molecule is CCOC(=O)c1c(-c2ccccc2)cn2c1SCC2=O. The maximum absolute atomic E-state index is 12.2. The third kappa shape index (κ3) is 2.04. The summed E-state index contributed by atoms with van der Waals surface area (Å²) >= 11 is 1.38. The molecule has 1 aromatic carbocycles. The number of carbonyl (C=O) groups excluding carboxylic acids is 2. The molecule has 0 fully saturated rings. The molecule has 0 saturated carbocycles. The Balaban J connectivity index is 2.17. The normalized spacial score (nSPS) is 13.3. The number of hydrogen-bond acceptors (Lipinski definition) is 4. The molecule has 0 radical (unpaired) electrons. The summed E-state index contributed by atoms with van der Waals surface area (Å²) in [6, 6.07) is 9.56. The minimum atomic E-state index is -0.373. The van der Waals surface area contributed by atoms with Crippen LogP contribution in [0, 0.1) is 0 Å². The third-order valence-corrected chi connectivity index (χ3v) is 4.19. The number of esters is 1. The molecule has 2 aromatic rings. The van der Waals surface area contributed by atoms with Gasteiger partial charge in [-0.15, -0.1) is 0 Å². The average molecular weight is 287 g/mol. The molecule has 5 heteroatoms. The van der Waals surface area contributed by atoms with Crippen LogP contribution in [-0.4, -0.2) is 28.8 Å². The van der Waals surface area contributed by atoms with E-state index in [1.807, 2.05) is 30.3 Å². The van der Waals surface area contributed by atoms with Crippen LogP contribution in [-0.2, 0) is 4.74 Å². The topological polar surface area (TPSA) is 48.3 Å². The van der Waals surface area contributed by atoms with Gasteiger partial charge in [0.15, 0.2) is 0 Å². The van der Waals surface area contributed by atoms with Crippen molar-refractivity contribution in [2.45, 2.75) is 11.9 Å². The fourth-order valence-electron chi connectivity index (χ4n) is 2.25. The van der Waals surface area contributed by atoms with Gasteiger partial charge in [0, 0.05) is 11.8 Å². The number of hydrogen-bond donors (Lipinski definition) is 0. The molecule has 0 saturated heterocycles. The lowest BCUT2D eigenvalue weighted by molar-refractivity contribution is 0.0523. The van der Waals surface area contributed by atoms with Crippen molar-refractivity contribution >= 4 is 23.6 Å². The van der Waals surface area contributed by atoms with Crippen molar-refractivity contribution in [1.29, 1.82) is 0 Å². The van der Waals surface area contributed by atoms with E-state index in [1.54, 1.807) is 17.7 Å². The maximum atomic E-state index is 12.2. The first-order valence-corrected chi connectivity index (χ1v) is 7.34. The zero-order chi connectivity index (χ0) is 14.1. The Hall–Kier alpha value is -2.01. The molecule has 102 valence electrons. The Morgan fingerprint density at radius 2 is 2.10 bits per heavy atom. The molecule has 0 unspecified atom stereocenters. The lowest BCUT2D eigenvalue weighted by Gasteiger charge is -2.05. The van der Waals surface area contributed by atoms with E-state index in [-0.39, 0.29) is 11.9 Å². The van der Waals surface area contributed by atoms with E-state index >= 15 is 0 Å². The second-order valence-corrected chi connectivity index (χ2v) is 5.33. The molecule has 2 heterocycles. The van der Waals surface area contributed by atoms with Crippen LogP contribution in [0.1, 0.15) is 22.1 Å². The summed E-state index contributed by atoms with van der Waals surface area (Å²) in [5.41, 5.74) is 2.15. The van der Waals surface area contributed by atoms with Gasteiger partial charge in [-0.1, -0.05) is 42.1 Å². The smallest absolute Gasteiger partial charge is 0.341 e. The van der Waals surface area contributed by atoms with Crippen LogP contribution >= 0.6 is 11.8 Å². The Morgan fingerprint density at radius 3 is 2.80 bits per heavy atom. The first-order valence-electron chi connectivity index (χ1n) is 6.36. The molecule has 1 aliphatic rings. The Labute approximate surface area is 120 Å². The predicted octanol–water partition coefficient (Wildman–Crippen LogP) is 3.08. The van der Waals surface area contributed by atoms with Crippen LogP contribution in [0.3, 0.4) is 0 Å². The first-order chi connectivity index (χ1) is 9.72. The number of aromatic nitrogens is 1. The lowest BCUT2D eigenvalue weighted by atomic mass is 10.1. The van der Waals surface area contributed by atoms with E-state index in [2.05, 4.69) is 0 Å². The van der Waals surface area contributed by atoms with E-state index < -0.39 is 0 Å². The fraction of sp³-hybridized carbons (Fsp3) is 0.200. The average Bonchev–Trinajstić information content (AvgIpc) is 3.00. The van der Waals surface area contributed by atoms with Gasteiger partial charge < -0.3 is 4.74 Å². The van der Waals surface area contributed by atoms with Gasteiger partial charge in [-0.25, -0.2) is 4.79 Å².